The number of halogens is 1. The van der Waals surface area contributed by atoms with Gasteiger partial charge < -0.3 is 5.32 Å². The molecule has 0 amide bonds. The minimum absolute atomic E-state index is 0.0676. The highest BCUT2D eigenvalue weighted by molar-refractivity contribution is 5.81. The number of nitrogens with one attached hydrogen (secondary N) is 1. The van der Waals surface area contributed by atoms with E-state index in [4.69, 9.17) is 0 Å². The Morgan fingerprint density at radius 2 is 1.76 bits per heavy atom. The van der Waals surface area contributed by atoms with Crippen molar-refractivity contribution in [3.8, 4) is 0 Å². The number of benzene rings is 2. The maximum Gasteiger partial charge on any atom is 0.130 e. The molecule has 0 saturated carbocycles. The predicted octanol–water partition coefficient (Wildman–Crippen LogP) is 4.86. The van der Waals surface area contributed by atoms with Crippen LogP contribution in [0.25, 0.3) is 10.9 Å². The summed E-state index contributed by atoms with van der Waals surface area (Å²) < 4.78 is 13.0. The van der Waals surface area contributed by atoms with Crippen LogP contribution in [0, 0.1) is 12.7 Å². The third kappa shape index (κ3) is 2.87. The number of para-hydroxylation sites is 1. The van der Waals surface area contributed by atoms with Crippen molar-refractivity contribution in [1.82, 2.24) is 4.98 Å². The number of anilines is 1. The molecule has 0 bridgehead atoms. The summed E-state index contributed by atoms with van der Waals surface area (Å²) in [5.74, 6) is 0.650. The Balaban J connectivity index is 1.90. The molecule has 0 spiro atoms. The van der Waals surface area contributed by atoms with Crippen LogP contribution in [-0.2, 0) is 0 Å². The van der Waals surface area contributed by atoms with Crippen LogP contribution in [0.5, 0.6) is 0 Å². The first-order chi connectivity index (χ1) is 10.1. The topological polar surface area (TPSA) is 24.9 Å². The molecule has 0 fully saturated rings. The molecular formula is C18H17FN2. The lowest BCUT2D eigenvalue weighted by atomic mass is 10.1. The molecule has 1 N–H and O–H groups in total. The van der Waals surface area contributed by atoms with Gasteiger partial charge in [-0.15, -0.1) is 0 Å². The second-order valence-corrected chi connectivity index (χ2v) is 5.26. The van der Waals surface area contributed by atoms with Crippen molar-refractivity contribution < 1.29 is 4.39 Å². The summed E-state index contributed by atoms with van der Waals surface area (Å²) in [6, 6.07) is 16.8. The van der Waals surface area contributed by atoms with Crippen molar-refractivity contribution in [3.05, 3.63) is 71.5 Å². The summed E-state index contributed by atoms with van der Waals surface area (Å²) in [6.45, 7) is 4.09. The number of nitrogens with zero attached hydrogens (tertiary/aromatic N) is 1. The number of rotatable bonds is 3. The summed E-state index contributed by atoms with van der Waals surface area (Å²) in [7, 11) is 0. The van der Waals surface area contributed by atoms with Gasteiger partial charge in [-0.2, -0.15) is 0 Å². The molecule has 2 nitrogen and oxygen atoms in total. The molecule has 3 heteroatoms. The summed E-state index contributed by atoms with van der Waals surface area (Å²) in [6.07, 6.45) is 0. The molecule has 1 heterocycles. The molecule has 3 rings (SSSR count). The molecule has 106 valence electrons. The molecule has 0 aliphatic heterocycles. The Morgan fingerprint density at radius 1 is 1.05 bits per heavy atom. The fourth-order valence-electron chi connectivity index (χ4n) is 2.41. The number of aryl methyl sites for hydroxylation is 1. The van der Waals surface area contributed by atoms with Crippen LogP contribution in [0.4, 0.5) is 10.2 Å². The fraction of sp³-hybridized carbons (Fsp3) is 0.167. The number of pyridine rings is 1. The zero-order chi connectivity index (χ0) is 14.8. The molecule has 1 atom stereocenters. The maximum absolute atomic E-state index is 13.0. The van der Waals surface area contributed by atoms with Crippen LogP contribution in [-0.4, -0.2) is 4.98 Å². The molecule has 0 aliphatic carbocycles. The first-order valence-corrected chi connectivity index (χ1v) is 7.02. The average Bonchev–Trinajstić information content (AvgIpc) is 2.48. The van der Waals surface area contributed by atoms with Crippen LogP contribution < -0.4 is 5.32 Å². The molecule has 0 radical (unpaired) electrons. The number of hydrogen-bond acceptors (Lipinski definition) is 2. The van der Waals surface area contributed by atoms with E-state index in [0.29, 0.717) is 0 Å². The molecule has 0 aliphatic rings. The van der Waals surface area contributed by atoms with Gasteiger partial charge in [0, 0.05) is 11.4 Å². The minimum atomic E-state index is -0.217. The van der Waals surface area contributed by atoms with Gasteiger partial charge >= 0.3 is 0 Å². The molecule has 1 unspecified atom stereocenters. The molecule has 0 saturated heterocycles. The Bertz CT molecular complexity index is 766. The van der Waals surface area contributed by atoms with Crippen molar-refractivity contribution >= 4 is 16.7 Å². The molecular weight excluding hydrogens is 263 g/mol. The standard InChI is InChI=1S/C18H17FN2/c1-12-11-15-5-3-4-6-17(15)21-18(12)20-13(2)14-7-9-16(19)10-8-14/h3-11,13H,1-2H3,(H,20,21). The van der Waals surface area contributed by atoms with Crippen LogP contribution >= 0.6 is 0 Å². The van der Waals surface area contributed by atoms with E-state index in [-0.39, 0.29) is 11.9 Å². The highest BCUT2D eigenvalue weighted by Gasteiger charge is 2.09. The van der Waals surface area contributed by atoms with E-state index < -0.39 is 0 Å². The van der Waals surface area contributed by atoms with Gasteiger partial charge in [0.05, 0.1) is 5.52 Å². The van der Waals surface area contributed by atoms with Crippen LogP contribution in [0.3, 0.4) is 0 Å². The van der Waals surface area contributed by atoms with E-state index in [1.54, 1.807) is 12.1 Å². The van der Waals surface area contributed by atoms with Gasteiger partial charge in [-0.05, 0) is 49.2 Å². The second-order valence-electron chi connectivity index (χ2n) is 5.26. The minimum Gasteiger partial charge on any atom is -0.363 e. The van der Waals surface area contributed by atoms with E-state index in [2.05, 4.69) is 22.4 Å². The zero-order valence-corrected chi connectivity index (χ0v) is 12.1. The van der Waals surface area contributed by atoms with Gasteiger partial charge in [0.15, 0.2) is 0 Å². The van der Waals surface area contributed by atoms with Crippen LogP contribution in [0.15, 0.2) is 54.6 Å². The van der Waals surface area contributed by atoms with Crippen molar-refractivity contribution in [3.63, 3.8) is 0 Å². The summed E-state index contributed by atoms with van der Waals surface area (Å²) in [5, 5.41) is 4.54. The summed E-state index contributed by atoms with van der Waals surface area (Å²) >= 11 is 0. The van der Waals surface area contributed by atoms with Crippen molar-refractivity contribution in [2.24, 2.45) is 0 Å². The summed E-state index contributed by atoms with van der Waals surface area (Å²) in [4.78, 5) is 4.67. The molecule has 3 aromatic rings. The highest BCUT2D eigenvalue weighted by atomic mass is 19.1. The third-order valence-corrected chi connectivity index (χ3v) is 3.64. The van der Waals surface area contributed by atoms with Crippen molar-refractivity contribution in [2.75, 3.05) is 5.32 Å². The second kappa shape index (κ2) is 5.52. The van der Waals surface area contributed by atoms with E-state index in [1.165, 1.54) is 12.1 Å². The average molecular weight is 280 g/mol. The predicted molar refractivity (Wildman–Crippen MR) is 84.9 cm³/mol. The van der Waals surface area contributed by atoms with Crippen molar-refractivity contribution in [2.45, 2.75) is 19.9 Å². The van der Waals surface area contributed by atoms with Crippen molar-refractivity contribution in [1.29, 1.82) is 0 Å². The lowest BCUT2D eigenvalue weighted by molar-refractivity contribution is 0.626. The van der Waals surface area contributed by atoms with Gasteiger partial charge in [-0.25, -0.2) is 9.37 Å². The monoisotopic (exact) mass is 280 g/mol. The quantitative estimate of drug-likeness (QED) is 0.741. The van der Waals surface area contributed by atoms with Gasteiger partial charge in [-0.3, -0.25) is 0 Å². The van der Waals surface area contributed by atoms with E-state index in [1.807, 2.05) is 32.0 Å². The lowest BCUT2D eigenvalue weighted by Gasteiger charge is -2.17. The zero-order valence-electron chi connectivity index (χ0n) is 12.1. The highest BCUT2D eigenvalue weighted by Crippen LogP contribution is 2.24. The van der Waals surface area contributed by atoms with Gasteiger partial charge in [0.2, 0.25) is 0 Å². The van der Waals surface area contributed by atoms with Crippen LogP contribution in [0.1, 0.15) is 24.1 Å². The maximum atomic E-state index is 13.0. The Morgan fingerprint density at radius 3 is 2.52 bits per heavy atom. The molecule has 1 aromatic heterocycles. The van der Waals surface area contributed by atoms with E-state index in [9.17, 15) is 4.39 Å². The number of hydrogen-bond donors (Lipinski definition) is 1. The normalized spacial score (nSPS) is 12.3. The Kier molecular flexibility index (Phi) is 3.57. The van der Waals surface area contributed by atoms with E-state index in [0.717, 1.165) is 27.8 Å². The lowest BCUT2D eigenvalue weighted by Crippen LogP contribution is -2.09. The fourth-order valence-corrected chi connectivity index (χ4v) is 2.41. The number of fused-ring (bicyclic) bond motifs is 1. The van der Waals surface area contributed by atoms with Gasteiger partial charge in [-0.1, -0.05) is 30.3 Å². The van der Waals surface area contributed by atoms with Gasteiger partial charge in [0.1, 0.15) is 11.6 Å². The molecule has 21 heavy (non-hydrogen) atoms. The largest absolute Gasteiger partial charge is 0.363 e. The SMILES string of the molecule is Cc1cc2ccccc2nc1NC(C)c1ccc(F)cc1. The Labute approximate surface area is 123 Å². The smallest absolute Gasteiger partial charge is 0.130 e. The Hall–Kier alpha value is -2.42. The first kappa shape index (κ1) is 13.6. The number of aromatic nitrogens is 1. The molecule has 2 aromatic carbocycles. The van der Waals surface area contributed by atoms with Crippen LogP contribution in [0.2, 0.25) is 0 Å². The van der Waals surface area contributed by atoms with Gasteiger partial charge in [0.25, 0.3) is 0 Å². The first-order valence-electron chi connectivity index (χ1n) is 7.02. The van der Waals surface area contributed by atoms with E-state index >= 15 is 0 Å². The third-order valence-electron chi connectivity index (χ3n) is 3.64. The summed E-state index contributed by atoms with van der Waals surface area (Å²) in [5.41, 5.74) is 3.10.